The molecule has 4 rings (SSSR count). The van der Waals surface area contributed by atoms with Crippen molar-refractivity contribution < 1.29 is 28.5 Å². The Bertz CT molecular complexity index is 1610. The van der Waals surface area contributed by atoms with Crippen LogP contribution >= 0.6 is 22.9 Å². The molecular weight excluding hydrogens is 532 g/mol. The van der Waals surface area contributed by atoms with Crippen molar-refractivity contribution >= 4 is 41.0 Å². The van der Waals surface area contributed by atoms with Gasteiger partial charge in [0.2, 0.25) is 0 Å². The third-order valence-corrected chi connectivity index (χ3v) is 6.99. The minimum Gasteiger partial charge on any atom is -0.496 e. The number of para-hydroxylation sites is 1. The van der Waals surface area contributed by atoms with Gasteiger partial charge in [-0.3, -0.25) is 9.36 Å². The summed E-state index contributed by atoms with van der Waals surface area (Å²) in [5, 5.41) is 0.412. The van der Waals surface area contributed by atoms with E-state index in [2.05, 4.69) is 4.99 Å². The second-order valence-electron chi connectivity index (χ2n) is 8.09. The van der Waals surface area contributed by atoms with Gasteiger partial charge in [-0.1, -0.05) is 41.1 Å². The molecule has 2 heterocycles. The highest BCUT2D eigenvalue weighted by Gasteiger charge is 2.35. The Morgan fingerprint density at radius 1 is 1.16 bits per heavy atom. The van der Waals surface area contributed by atoms with Crippen molar-refractivity contribution in [2.24, 2.45) is 4.99 Å². The SMILES string of the molecule is CCOC(=O)COc1ccccc1/C=c1\sc2n(c1=O)[C@@H](c1cc(Cl)ccc1OC)C(C(=O)OC)=C(C)N=2. The standard InChI is InChI=1S/C27H25ClN2O7S/c1-5-36-22(31)14-37-19-9-7-6-8-16(19)12-21-25(32)30-24(18-13-17(28)10-11-20(18)34-3)23(26(33)35-4)15(2)29-27(30)38-21/h6-13,24H,5,14H2,1-4H3/b21-12-/t24-/m0/s1. The summed E-state index contributed by atoms with van der Waals surface area (Å²) in [7, 11) is 2.77. The van der Waals surface area contributed by atoms with Gasteiger partial charge in [-0.2, -0.15) is 0 Å². The molecule has 0 radical (unpaired) electrons. The molecule has 1 atom stereocenters. The molecule has 1 aromatic heterocycles. The van der Waals surface area contributed by atoms with Gasteiger partial charge >= 0.3 is 11.9 Å². The fraction of sp³-hybridized carbons (Fsp3) is 0.259. The summed E-state index contributed by atoms with van der Waals surface area (Å²) < 4.78 is 23.0. The molecule has 38 heavy (non-hydrogen) atoms. The Morgan fingerprint density at radius 3 is 2.63 bits per heavy atom. The number of hydrogen-bond acceptors (Lipinski definition) is 9. The van der Waals surface area contributed by atoms with E-state index in [0.717, 1.165) is 11.3 Å². The number of rotatable bonds is 8. The van der Waals surface area contributed by atoms with E-state index < -0.39 is 18.0 Å². The van der Waals surface area contributed by atoms with E-state index in [1.54, 1.807) is 62.4 Å². The normalized spacial score (nSPS) is 15.0. The summed E-state index contributed by atoms with van der Waals surface area (Å²) in [4.78, 5) is 43.4. The summed E-state index contributed by atoms with van der Waals surface area (Å²) in [5.41, 5.74) is 1.33. The lowest BCUT2D eigenvalue weighted by molar-refractivity contribution is -0.145. The fourth-order valence-electron chi connectivity index (χ4n) is 4.12. The molecule has 0 aliphatic carbocycles. The molecule has 0 N–H and O–H groups in total. The van der Waals surface area contributed by atoms with Gasteiger partial charge in [0.25, 0.3) is 5.56 Å². The first-order valence-corrected chi connectivity index (χ1v) is 12.8. The van der Waals surface area contributed by atoms with Crippen molar-refractivity contribution in [1.82, 2.24) is 4.57 Å². The number of benzene rings is 2. The van der Waals surface area contributed by atoms with Crippen LogP contribution in [-0.2, 0) is 19.1 Å². The average molecular weight is 557 g/mol. The van der Waals surface area contributed by atoms with Gasteiger partial charge in [0.15, 0.2) is 11.4 Å². The molecule has 1 aliphatic heterocycles. The first-order chi connectivity index (χ1) is 18.3. The van der Waals surface area contributed by atoms with Crippen LogP contribution in [0.5, 0.6) is 11.5 Å². The maximum absolute atomic E-state index is 13.8. The molecule has 2 aromatic carbocycles. The molecule has 0 saturated carbocycles. The van der Waals surface area contributed by atoms with E-state index in [1.165, 1.54) is 18.8 Å². The average Bonchev–Trinajstić information content (AvgIpc) is 3.21. The molecule has 0 saturated heterocycles. The van der Waals surface area contributed by atoms with Crippen LogP contribution in [0.15, 0.2) is 63.5 Å². The Hall–Kier alpha value is -3.89. The maximum Gasteiger partial charge on any atom is 0.344 e. The third kappa shape index (κ3) is 5.36. The van der Waals surface area contributed by atoms with Crippen LogP contribution in [0.25, 0.3) is 6.08 Å². The summed E-state index contributed by atoms with van der Waals surface area (Å²) in [6.07, 6.45) is 1.66. The predicted molar refractivity (Wildman–Crippen MR) is 142 cm³/mol. The van der Waals surface area contributed by atoms with E-state index in [9.17, 15) is 14.4 Å². The fourth-order valence-corrected chi connectivity index (χ4v) is 5.34. The number of ether oxygens (including phenoxy) is 4. The second kappa shape index (κ2) is 11.7. The first-order valence-electron chi connectivity index (χ1n) is 11.6. The van der Waals surface area contributed by atoms with Crippen molar-refractivity contribution in [2.45, 2.75) is 19.9 Å². The zero-order valence-corrected chi connectivity index (χ0v) is 22.7. The largest absolute Gasteiger partial charge is 0.496 e. The Balaban J connectivity index is 1.89. The number of hydrogen-bond donors (Lipinski definition) is 0. The van der Waals surface area contributed by atoms with Gasteiger partial charge in [-0.05, 0) is 44.2 Å². The highest BCUT2D eigenvalue weighted by molar-refractivity contribution is 7.07. The molecular formula is C27H25ClN2O7S. The summed E-state index contributed by atoms with van der Waals surface area (Å²) >= 11 is 7.47. The number of carbonyl (C=O) groups is 2. The lowest BCUT2D eigenvalue weighted by atomic mass is 9.95. The van der Waals surface area contributed by atoms with Gasteiger partial charge in [0.1, 0.15) is 17.5 Å². The second-order valence-corrected chi connectivity index (χ2v) is 9.54. The van der Waals surface area contributed by atoms with Crippen LogP contribution in [0.4, 0.5) is 0 Å². The van der Waals surface area contributed by atoms with Gasteiger partial charge in [0.05, 0.1) is 36.6 Å². The number of thiazole rings is 1. The van der Waals surface area contributed by atoms with Crippen LogP contribution in [0.2, 0.25) is 5.02 Å². The summed E-state index contributed by atoms with van der Waals surface area (Å²) in [6.45, 7) is 3.38. The lowest BCUT2D eigenvalue weighted by Gasteiger charge is -2.25. The quantitative estimate of drug-likeness (QED) is 0.393. The van der Waals surface area contributed by atoms with Crippen molar-refractivity contribution in [1.29, 1.82) is 0 Å². The van der Waals surface area contributed by atoms with Crippen LogP contribution in [-0.4, -0.2) is 43.9 Å². The number of nitrogens with zero attached hydrogens (tertiary/aromatic N) is 2. The Morgan fingerprint density at radius 2 is 1.92 bits per heavy atom. The van der Waals surface area contributed by atoms with Crippen molar-refractivity contribution in [2.75, 3.05) is 27.4 Å². The van der Waals surface area contributed by atoms with Crippen LogP contribution in [0.3, 0.4) is 0 Å². The number of allylic oxidation sites excluding steroid dienone is 1. The van der Waals surface area contributed by atoms with E-state index in [4.69, 9.17) is 30.5 Å². The smallest absolute Gasteiger partial charge is 0.344 e. The van der Waals surface area contributed by atoms with Gasteiger partial charge in [0, 0.05) is 16.1 Å². The van der Waals surface area contributed by atoms with E-state index >= 15 is 0 Å². The Labute approximate surface area is 227 Å². The van der Waals surface area contributed by atoms with Gasteiger partial charge < -0.3 is 18.9 Å². The summed E-state index contributed by atoms with van der Waals surface area (Å²) in [6, 6.07) is 11.1. The van der Waals surface area contributed by atoms with Crippen molar-refractivity contribution in [3.8, 4) is 11.5 Å². The minimum atomic E-state index is -0.884. The molecule has 0 unspecified atom stereocenters. The van der Waals surface area contributed by atoms with E-state index in [0.29, 0.717) is 42.7 Å². The molecule has 9 nitrogen and oxygen atoms in total. The van der Waals surface area contributed by atoms with E-state index in [1.807, 2.05) is 0 Å². The topological polar surface area (TPSA) is 105 Å². The molecule has 3 aromatic rings. The third-order valence-electron chi connectivity index (χ3n) is 5.77. The summed E-state index contributed by atoms with van der Waals surface area (Å²) in [5.74, 6) is -0.262. The number of methoxy groups -OCH3 is 2. The van der Waals surface area contributed by atoms with Gasteiger partial charge in [-0.15, -0.1) is 0 Å². The zero-order valence-electron chi connectivity index (χ0n) is 21.1. The van der Waals surface area contributed by atoms with Crippen LogP contribution in [0.1, 0.15) is 31.0 Å². The van der Waals surface area contributed by atoms with Crippen molar-refractivity contribution in [3.05, 3.63) is 89.6 Å². The molecule has 198 valence electrons. The molecule has 0 spiro atoms. The highest BCUT2D eigenvalue weighted by atomic mass is 35.5. The van der Waals surface area contributed by atoms with Crippen LogP contribution in [0, 0.1) is 0 Å². The number of aromatic nitrogens is 1. The minimum absolute atomic E-state index is 0.199. The predicted octanol–water partition coefficient (Wildman–Crippen LogP) is 3.01. The zero-order chi connectivity index (χ0) is 27.4. The Kier molecular flexibility index (Phi) is 8.33. The van der Waals surface area contributed by atoms with E-state index in [-0.39, 0.29) is 24.3 Å². The molecule has 1 aliphatic rings. The van der Waals surface area contributed by atoms with Crippen LogP contribution < -0.4 is 24.4 Å². The first kappa shape index (κ1) is 27.2. The lowest BCUT2D eigenvalue weighted by Crippen LogP contribution is -2.40. The van der Waals surface area contributed by atoms with Gasteiger partial charge in [-0.25, -0.2) is 14.6 Å². The molecule has 0 amide bonds. The maximum atomic E-state index is 13.8. The number of esters is 2. The number of fused-ring (bicyclic) bond motifs is 1. The molecule has 11 heteroatoms. The number of carbonyl (C=O) groups excluding carboxylic acids is 2. The number of halogens is 1. The molecule has 0 fully saturated rings. The van der Waals surface area contributed by atoms with Crippen molar-refractivity contribution in [3.63, 3.8) is 0 Å². The molecule has 0 bridgehead atoms. The highest BCUT2D eigenvalue weighted by Crippen LogP contribution is 2.37. The monoisotopic (exact) mass is 556 g/mol.